The van der Waals surface area contributed by atoms with Gasteiger partial charge in [-0.15, -0.1) is 0 Å². The smallest absolute Gasteiger partial charge is 0.336 e. The topological polar surface area (TPSA) is 71.8 Å². The Bertz CT molecular complexity index is 1090. The van der Waals surface area contributed by atoms with E-state index in [0.29, 0.717) is 30.1 Å². The second-order valence-corrected chi connectivity index (χ2v) is 7.11. The van der Waals surface area contributed by atoms with Gasteiger partial charge in [0.25, 0.3) is 0 Å². The van der Waals surface area contributed by atoms with Crippen molar-refractivity contribution in [2.24, 2.45) is 0 Å². The first-order valence-electron chi connectivity index (χ1n) is 9.60. The minimum atomic E-state index is -0.382. The number of hydrogen-bond donors (Lipinski definition) is 1. The molecule has 0 saturated carbocycles. The van der Waals surface area contributed by atoms with Crippen molar-refractivity contribution in [3.8, 4) is 5.75 Å². The summed E-state index contributed by atoms with van der Waals surface area (Å²) in [5.41, 5.74) is 3.94. The molecular weight excluding hydrogens is 368 g/mol. The van der Waals surface area contributed by atoms with Crippen molar-refractivity contribution in [1.82, 2.24) is 4.90 Å². The lowest BCUT2D eigenvalue weighted by atomic mass is 10.0. The summed E-state index contributed by atoms with van der Waals surface area (Å²) in [5.74, 6) is 0.558. The Balaban J connectivity index is 1.78. The highest BCUT2D eigenvalue weighted by Crippen LogP contribution is 2.23. The van der Waals surface area contributed by atoms with Crippen LogP contribution in [0.5, 0.6) is 5.75 Å². The number of fused-ring (bicyclic) bond motifs is 1. The minimum absolute atomic E-state index is 0.126. The molecule has 0 fully saturated rings. The molecule has 1 aromatic heterocycles. The molecule has 0 saturated heterocycles. The van der Waals surface area contributed by atoms with Crippen LogP contribution in [0, 0.1) is 13.8 Å². The first kappa shape index (κ1) is 20.6. The number of carbonyl (C=O) groups is 1. The summed E-state index contributed by atoms with van der Waals surface area (Å²) in [5, 5.41) is 3.79. The van der Waals surface area contributed by atoms with Crippen molar-refractivity contribution in [2.75, 3.05) is 25.5 Å². The molecule has 2 aromatic carbocycles. The number of methoxy groups -OCH3 is 1. The van der Waals surface area contributed by atoms with Gasteiger partial charge in [0.05, 0.1) is 13.7 Å². The maximum Gasteiger partial charge on any atom is 0.336 e. The number of likely N-dealkylation sites (N-methyl/N-ethyl adjacent to an activating group) is 1. The summed E-state index contributed by atoms with van der Waals surface area (Å²) in [6.07, 6.45) is 0. The van der Waals surface area contributed by atoms with Crippen molar-refractivity contribution in [3.63, 3.8) is 0 Å². The number of hydrogen-bond acceptors (Lipinski definition) is 5. The highest BCUT2D eigenvalue weighted by molar-refractivity contribution is 5.92. The van der Waals surface area contributed by atoms with E-state index < -0.39 is 0 Å². The summed E-state index contributed by atoms with van der Waals surface area (Å²) in [7, 11) is 1.59. The zero-order valence-electron chi connectivity index (χ0n) is 17.2. The standard InChI is InChI=1S/C23H26N2O4/c1-5-25(14-22(26)24-18-7-6-8-19(12-18)28-4)13-17-11-23(27)29-21-10-16(3)15(2)9-20(17)21/h6-12H,5,13-14H2,1-4H3,(H,24,26). The zero-order chi connectivity index (χ0) is 21.0. The van der Waals surface area contributed by atoms with Gasteiger partial charge >= 0.3 is 5.63 Å². The summed E-state index contributed by atoms with van der Waals surface area (Å²) in [4.78, 5) is 26.5. The van der Waals surface area contributed by atoms with Crippen LogP contribution in [-0.4, -0.2) is 31.0 Å². The number of rotatable bonds is 7. The van der Waals surface area contributed by atoms with E-state index in [1.807, 2.05) is 56.0 Å². The monoisotopic (exact) mass is 394 g/mol. The Hall–Kier alpha value is -3.12. The largest absolute Gasteiger partial charge is 0.497 e. The van der Waals surface area contributed by atoms with Gasteiger partial charge in [0.1, 0.15) is 11.3 Å². The first-order chi connectivity index (χ1) is 13.9. The molecule has 1 N–H and O–H groups in total. The van der Waals surface area contributed by atoms with Crippen LogP contribution in [0.1, 0.15) is 23.6 Å². The molecule has 0 unspecified atom stereocenters. The van der Waals surface area contributed by atoms with E-state index in [-0.39, 0.29) is 18.1 Å². The second kappa shape index (κ2) is 8.92. The third-order valence-electron chi connectivity index (χ3n) is 5.01. The fraction of sp³-hybridized carbons (Fsp3) is 0.304. The number of nitrogens with one attached hydrogen (secondary N) is 1. The molecule has 0 atom stereocenters. The average molecular weight is 394 g/mol. The van der Waals surface area contributed by atoms with Gasteiger partial charge in [-0.05, 0) is 61.3 Å². The van der Waals surface area contributed by atoms with E-state index in [9.17, 15) is 9.59 Å². The summed E-state index contributed by atoms with van der Waals surface area (Å²) >= 11 is 0. The molecule has 1 heterocycles. The second-order valence-electron chi connectivity index (χ2n) is 7.11. The lowest BCUT2D eigenvalue weighted by Crippen LogP contribution is -2.33. The Kier molecular flexibility index (Phi) is 6.34. The van der Waals surface area contributed by atoms with Crippen molar-refractivity contribution in [3.05, 3.63) is 69.6 Å². The third kappa shape index (κ3) is 5.03. The summed E-state index contributed by atoms with van der Waals surface area (Å²) in [6, 6.07) is 12.7. The van der Waals surface area contributed by atoms with Crippen molar-refractivity contribution >= 4 is 22.6 Å². The van der Waals surface area contributed by atoms with E-state index in [2.05, 4.69) is 5.32 Å². The van der Waals surface area contributed by atoms with Crippen LogP contribution in [0.15, 0.2) is 51.7 Å². The molecule has 0 aliphatic carbocycles. The van der Waals surface area contributed by atoms with Gasteiger partial charge in [-0.2, -0.15) is 0 Å². The van der Waals surface area contributed by atoms with Gasteiger partial charge in [0, 0.05) is 29.8 Å². The molecule has 0 aliphatic heterocycles. The van der Waals surface area contributed by atoms with Gasteiger partial charge in [0.2, 0.25) is 5.91 Å². The lowest BCUT2D eigenvalue weighted by molar-refractivity contribution is -0.117. The highest BCUT2D eigenvalue weighted by atomic mass is 16.5. The number of amides is 1. The number of nitrogens with zero attached hydrogens (tertiary/aromatic N) is 1. The van der Waals surface area contributed by atoms with E-state index in [1.54, 1.807) is 13.2 Å². The number of ether oxygens (including phenoxy) is 1. The van der Waals surface area contributed by atoms with Crippen LogP contribution in [0.25, 0.3) is 11.0 Å². The van der Waals surface area contributed by atoms with Crippen molar-refractivity contribution < 1.29 is 13.9 Å². The molecule has 0 radical (unpaired) electrons. The SMILES string of the molecule is CCN(CC(=O)Nc1cccc(OC)c1)Cc1cc(=O)oc2cc(C)c(C)cc12. The molecule has 6 heteroatoms. The third-order valence-corrected chi connectivity index (χ3v) is 5.01. The van der Waals surface area contributed by atoms with E-state index in [1.165, 1.54) is 6.07 Å². The minimum Gasteiger partial charge on any atom is -0.497 e. The molecular formula is C23H26N2O4. The van der Waals surface area contributed by atoms with Crippen LogP contribution in [0.3, 0.4) is 0 Å². The summed E-state index contributed by atoms with van der Waals surface area (Å²) in [6.45, 7) is 7.36. The molecule has 0 aliphatic rings. The lowest BCUT2D eigenvalue weighted by Gasteiger charge is -2.21. The number of aryl methyl sites for hydroxylation is 2. The zero-order valence-corrected chi connectivity index (χ0v) is 17.2. The predicted molar refractivity (Wildman–Crippen MR) is 115 cm³/mol. The van der Waals surface area contributed by atoms with Gasteiger partial charge in [-0.3, -0.25) is 9.69 Å². The molecule has 29 heavy (non-hydrogen) atoms. The molecule has 1 amide bonds. The summed E-state index contributed by atoms with van der Waals surface area (Å²) < 4.78 is 10.6. The van der Waals surface area contributed by atoms with Crippen LogP contribution in [0.4, 0.5) is 5.69 Å². The average Bonchev–Trinajstić information content (AvgIpc) is 2.69. The van der Waals surface area contributed by atoms with Crippen molar-refractivity contribution in [1.29, 1.82) is 0 Å². The first-order valence-corrected chi connectivity index (χ1v) is 9.60. The Morgan fingerprint density at radius 3 is 2.62 bits per heavy atom. The molecule has 3 aromatic rings. The predicted octanol–water partition coefficient (Wildman–Crippen LogP) is 3.88. The van der Waals surface area contributed by atoms with E-state index in [4.69, 9.17) is 9.15 Å². The molecule has 152 valence electrons. The van der Waals surface area contributed by atoms with Crippen LogP contribution in [-0.2, 0) is 11.3 Å². The molecule has 6 nitrogen and oxygen atoms in total. The number of carbonyl (C=O) groups excluding carboxylic acids is 1. The fourth-order valence-corrected chi connectivity index (χ4v) is 3.24. The Morgan fingerprint density at radius 2 is 1.90 bits per heavy atom. The quantitative estimate of drug-likeness (QED) is 0.616. The van der Waals surface area contributed by atoms with Gasteiger partial charge in [-0.1, -0.05) is 13.0 Å². The normalized spacial score (nSPS) is 11.1. The highest BCUT2D eigenvalue weighted by Gasteiger charge is 2.14. The Labute approximate surface area is 170 Å². The van der Waals surface area contributed by atoms with Crippen LogP contribution in [0.2, 0.25) is 0 Å². The maximum absolute atomic E-state index is 12.5. The van der Waals surface area contributed by atoms with Crippen LogP contribution >= 0.6 is 0 Å². The van der Waals surface area contributed by atoms with Gasteiger partial charge in [-0.25, -0.2) is 4.79 Å². The maximum atomic E-state index is 12.5. The number of anilines is 1. The van der Waals surface area contributed by atoms with Crippen LogP contribution < -0.4 is 15.7 Å². The molecule has 3 rings (SSSR count). The fourth-order valence-electron chi connectivity index (χ4n) is 3.24. The van der Waals surface area contributed by atoms with Crippen molar-refractivity contribution in [2.45, 2.75) is 27.3 Å². The molecule has 0 spiro atoms. The molecule has 0 bridgehead atoms. The van der Waals surface area contributed by atoms with E-state index in [0.717, 1.165) is 22.1 Å². The van der Waals surface area contributed by atoms with E-state index >= 15 is 0 Å². The number of benzene rings is 2. The Morgan fingerprint density at radius 1 is 1.14 bits per heavy atom. The van der Waals surface area contributed by atoms with Gasteiger partial charge in [0.15, 0.2) is 0 Å². The van der Waals surface area contributed by atoms with Gasteiger partial charge < -0.3 is 14.5 Å².